The Labute approximate surface area is 112 Å². The van der Waals surface area contributed by atoms with Crippen molar-refractivity contribution in [1.29, 1.82) is 0 Å². The maximum atomic E-state index is 11.2. The van der Waals surface area contributed by atoms with E-state index in [-0.39, 0.29) is 13.2 Å². The lowest BCUT2D eigenvalue weighted by Gasteiger charge is -2.12. The topological polar surface area (TPSA) is 80.7 Å². The van der Waals surface area contributed by atoms with Crippen molar-refractivity contribution >= 4 is 6.09 Å². The normalized spacial score (nSPS) is 11.9. The van der Waals surface area contributed by atoms with Crippen LogP contribution in [0.2, 0.25) is 0 Å². The molecule has 6 nitrogen and oxygen atoms in total. The van der Waals surface area contributed by atoms with Gasteiger partial charge in [-0.1, -0.05) is 19.4 Å². The summed E-state index contributed by atoms with van der Waals surface area (Å²) in [7, 11) is 0. The lowest BCUT2D eigenvalue weighted by Crippen LogP contribution is -2.34. The van der Waals surface area contributed by atoms with Gasteiger partial charge < -0.3 is 19.9 Å². The number of nitrogens with zero attached hydrogens (tertiary/aromatic N) is 1. The van der Waals surface area contributed by atoms with Gasteiger partial charge in [-0.3, -0.25) is 4.98 Å². The predicted molar refractivity (Wildman–Crippen MR) is 69.3 cm³/mol. The van der Waals surface area contributed by atoms with E-state index in [0.29, 0.717) is 12.3 Å². The molecule has 0 radical (unpaired) electrons. The van der Waals surface area contributed by atoms with E-state index in [0.717, 1.165) is 12.8 Å². The van der Waals surface area contributed by atoms with E-state index < -0.39 is 12.4 Å². The average Bonchev–Trinajstić information content (AvgIpc) is 2.44. The molecule has 1 heterocycles. The number of hydrogen-bond donors (Lipinski definition) is 2. The number of amides is 1. The fourth-order valence-electron chi connectivity index (χ4n) is 1.25. The first-order chi connectivity index (χ1) is 9.22. The summed E-state index contributed by atoms with van der Waals surface area (Å²) >= 11 is 0. The summed E-state index contributed by atoms with van der Waals surface area (Å²) in [6.07, 6.45) is 1.80. The third-order valence-electron chi connectivity index (χ3n) is 2.30. The minimum atomic E-state index is -1.08. The molecule has 1 aromatic rings. The van der Waals surface area contributed by atoms with Gasteiger partial charge in [0.2, 0.25) is 0 Å². The molecule has 106 valence electrons. The number of hydrogen-bond acceptors (Lipinski definition) is 5. The van der Waals surface area contributed by atoms with Crippen LogP contribution in [-0.4, -0.2) is 35.6 Å². The molecule has 1 aromatic heterocycles. The van der Waals surface area contributed by atoms with Gasteiger partial charge in [-0.05, 0) is 18.6 Å². The highest BCUT2D eigenvalue weighted by Gasteiger charge is 2.08. The van der Waals surface area contributed by atoms with Gasteiger partial charge in [-0.2, -0.15) is 0 Å². The second-order valence-electron chi connectivity index (χ2n) is 3.96. The molecule has 0 aromatic carbocycles. The molecule has 0 saturated heterocycles. The standard InChI is InChI=1S/C13H20N2O4/c1-2-3-8-18-13(17)15-9-12(16)19-10-11-6-4-5-7-14-11/h4-7,12,16H,2-3,8-10H2,1H3,(H,15,17). The molecule has 0 saturated carbocycles. The molecule has 0 spiro atoms. The monoisotopic (exact) mass is 268 g/mol. The molecular formula is C13H20N2O4. The van der Waals surface area contributed by atoms with Crippen LogP contribution in [0.5, 0.6) is 0 Å². The zero-order chi connectivity index (χ0) is 13.9. The molecule has 1 amide bonds. The van der Waals surface area contributed by atoms with E-state index in [9.17, 15) is 9.90 Å². The molecule has 1 unspecified atom stereocenters. The summed E-state index contributed by atoms with van der Waals surface area (Å²) in [6.45, 7) is 2.57. The van der Waals surface area contributed by atoms with Gasteiger partial charge in [0.05, 0.1) is 25.5 Å². The third-order valence-corrected chi connectivity index (χ3v) is 2.30. The van der Waals surface area contributed by atoms with Crippen LogP contribution < -0.4 is 5.32 Å². The van der Waals surface area contributed by atoms with Gasteiger partial charge in [0.1, 0.15) is 0 Å². The largest absolute Gasteiger partial charge is 0.450 e. The molecule has 2 N–H and O–H groups in total. The van der Waals surface area contributed by atoms with E-state index in [2.05, 4.69) is 10.3 Å². The predicted octanol–water partition coefficient (Wildman–Crippen LogP) is 1.44. The number of aromatic nitrogens is 1. The Morgan fingerprint density at radius 2 is 2.37 bits per heavy atom. The fraction of sp³-hybridized carbons (Fsp3) is 0.538. The number of ether oxygens (including phenoxy) is 2. The lowest BCUT2D eigenvalue weighted by atomic mass is 10.4. The summed E-state index contributed by atoms with van der Waals surface area (Å²) in [4.78, 5) is 15.2. The lowest BCUT2D eigenvalue weighted by molar-refractivity contribution is -0.105. The van der Waals surface area contributed by atoms with Crippen molar-refractivity contribution in [2.45, 2.75) is 32.7 Å². The Kier molecular flexibility index (Phi) is 7.53. The van der Waals surface area contributed by atoms with Gasteiger partial charge in [-0.15, -0.1) is 0 Å². The van der Waals surface area contributed by atoms with Crippen molar-refractivity contribution in [2.24, 2.45) is 0 Å². The molecule has 0 aliphatic carbocycles. The van der Waals surface area contributed by atoms with Crippen LogP contribution in [-0.2, 0) is 16.1 Å². The van der Waals surface area contributed by atoms with Crippen LogP contribution in [0.1, 0.15) is 25.5 Å². The molecule has 0 fully saturated rings. The van der Waals surface area contributed by atoms with Crippen LogP contribution in [0.15, 0.2) is 24.4 Å². The SMILES string of the molecule is CCCCOC(=O)NCC(O)OCc1ccccn1. The molecule has 19 heavy (non-hydrogen) atoms. The molecule has 0 bridgehead atoms. The third kappa shape index (κ3) is 7.38. The summed E-state index contributed by atoms with van der Waals surface area (Å²) in [5.41, 5.74) is 0.715. The van der Waals surface area contributed by atoms with E-state index >= 15 is 0 Å². The van der Waals surface area contributed by atoms with Gasteiger partial charge in [0, 0.05) is 6.20 Å². The first-order valence-electron chi connectivity index (χ1n) is 6.32. The second-order valence-corrected chi connectivity index (χ2v) is 3.96. The van der Waals surface area contributed by atoms with Crippen LogP contribution in [0.4, 0.5) is 4.79 Å². The van der Waals surface area contributed by atoms with Gasteiger partial charge in [0.15, 0.2) is 6.29 Å². The van der Waals surface area contributed by atoms with Crippen molar-refractivity contribution < 1.29 is 19.4 Å². The number of pyridine rings is 1. The zero-order valence-electron chi connectivity index (χ0n) is 11.0. The smallest absolute Gasteiger partial charge is 0.407 e. The molecular weight excluding hydrogens is 248 g/mol. The number of aliphatic hydroxyl groups excluding tert-OH is 1. The van der Waals surface area contributed by atoms with Crippen molar-refractivity contribution in [2.75, 3.05) is 13.2 Å². The highest BCUT2D eigenvalue weighted by molar-refractivity contribution is 5.67. The minimum absolute atomic E-state index is 0.0161. The number of nitrogens with one attached hydrogen (secondary N) is 1. The Bertz CT molecular complexity index is 359. The van der Waals surface area contributed by atoms with Gasteiger partial charge in [-0.25, -0.2) is 4.79 Å². The Balaban J connectivity index is 2.10. The number of aliphatic hydroxyl groups is 1. The quantitative estimate of drug-likeness (QED) is 0.551. The van der Waals surface area contributed by atoms with Crippen molar-refractivity contribution in [1.82, 2.24) is 10.3 Å². The zero-order valence-corrected chi connectivity index (χ0v) is 11.0. The minimum Gasteiger partial charge on any atom is -0.450 e. The van der Waals surface area contributed by atoms with Crippen molar-refractivity contribution in [3.63, 3.8) is 0 Å². The highest BCUT2D eigenvalue weighted by atomic mass is 16.6. The first kappa shape index (κ1) is 15.4. The van der Waals surface area contributed by atoms with Gasteiger partial charge >= 0.3 is 6.09 Å². The maximum absolute atomic E-state index is 11.2. The fourth-order valence-corrected chi connectivity index (χ4v) is 1.25. The maximum Gasteiger partial charge on any atom is 0.407 e. The summed E-state index contributed by atoms with van der Waals surface area (Å²) < 4.78 is 9.99. The average molecular weight is 268 g/mol. The van der Waals surface area contributed by atoms with E-state index in [4.69, 9.17) is 9.47 Å². The van der Waals surface area contributed by atoms with Crippen LogP contribution in [0.25, 0.3) is 0 Å². The molecule has 0 aliphatic rings. The summed E-state index contributed by atoms with van der Waals surface area (Å²) in [5, 5.41) is 11.9. The van der Waals surface area contributed by atoms with E-state index in [1.807, 2.05) is 13.0 Å². The van der Waals surface area contributed by atoms with Crippen LogP contribution in [0.3, 0.4) is 0 Å². The number of alkyl carbamates (subject to hydrolysis) is 1. The number of carbonyl (C=O) groups is 1. The molecule has 0 aliphatic heterocycles. The Hall–Kier alpha value is -1.66. The number of rotatable bonds is 8. The first-order valence-corrected chi connectivity index (χ1v) is 6.32. The van der Waals surface area contributed by atoms with E-state index in [1.165, 1.54) is 0 Å². The van der Waals surface area contributed by atoms with Gasteiger partial charge in [0.25, 0.3) is 0 Å². The van der Waals surface area contributed by atoms with Crippen LogP contribution in [0, 0.1) is 0 Å². The van der Waals surface area contributed by atoms with Crippen LogP contribution >= 0.6 is 0 Å². The highest BCUT2D eigenvalue weighted by Crippen LogP contribution is 1.98. The molecule has 1 rings (SSSR count). The van der Waals surface area contributed by atoms with Crippen molar-refractivity contribution in [3.05, 3.63) is 30.1 Å². The summed E-state index contributed by atoms with van der Waals surface area (Å²) in [5.74, 6) is 0. The molecule has 6 heteroatoms. The Morgan fingerprint density at radius 3 is 3.05 bits per heavy atom. The second kappa shape index (κ2) is 9.29. The number of carbonyl (C=O) groups excluding carboxylic acids is 1. The number of unbranched alkanes of at least 4 members (excludes halogenated alkanes) is 1. The van der Waals surface area contributed by atoms with E-state index in [1.54, 1.807) is 18.3 Å². The Morgan fingerprint density at radius 1 is 1.53 bits per heavy atom. The molecule has 1 atom stereocenters. The van der Waals surface area contributed by atoms with Crippen molar-refractivity contribution in [3.8, 4) is 0 Å². The summed E-state index contributed by atoms with van der Waals surface area (Å²) in [6, 6.07) is 5.42.